The number of carboxylic acid groups (broad SMARTS) is 1. The highest BCUT2D eigenvalue weighted by atomic mass is 32.2. The predicted octanol–water partition coefficient (Wildman–Crippen LogP) is 4.04. The number of allylic oxidation sites excluding steroid dienone is 1. The van der Waals surface area contributed by atoms with Crippen molar-refractivity contribution in [3.63, 3.8) is 0 Å². The maximum absolute atomic E-state index is 12.5. The highest BCUT2D eigenvalue weighted by Crippen LogP contribution is 2.35. The Labute approximate surface area is 179 Å². The zero-order chi connectivity index (χ0) is 22.0. The van der Waals surface area contributed by atoms with E-state index in [0.717, 1.165) is 32.1 Å². The number of rotatable bonds is 13. The quantitative estimate of drug-likeness (QED) is 0.316. The smallest absolute Gasteiger partial charge is 0.303 e. The molecule has 1 aromatic carbocycles. The largest absolute Gasteiger partial charge is 0.512 e. The van der Waals surface area contributed by atoms with E-state index in [0.29, 0.717) is 25.7 Å². The van der Waals surface area contributed by atoms with Gasteiger partial charge in [0.15, 0.2) is 9.84 Å². The molecule has 3 N–H and O–H groups in total. The summed E-state index contributed by atoms with van der Waals surface area (Å²) in [5, 5.41) is 28.7. The van der Waals surface area contributed by atoms with Crippen LogP contribution in [0.3, 0.4) is 0 Å². The maximum atomic E-state index is 12.5. The lowest BCUT2D eigenvalue weighted by atomic mass is 9.92. The van der Waals surface area contributed by atoms with Gasteiger partial charge in [-0.15, -0.1) is 0 Å². The van der Waals surface area contributed by atoms with Gasteiger partial charge in [0.1, 0.15) is 0 Å². The van der Waals surface area contributed by atoms with Crippen LogP contribution in [0.1, 0.15) is 63.4 Å². The first-order chi connectivity index (χ1) is 14.3. The van der Waals surface area contributed by atoms with Crippen LogP contribution >= 0.6 is 0 Å². The molecule has 0 unspecified atom stereocenters. The Morgan fingerprint density at radius 1 is 1.00 bits per heavy atom. The molecule has 1 saturated heterocycles. The third-order valence-corrected chi connectivity index (χ3v) is 8.02. The van der Waals surface area contributed by atoms with E-state index in [9.17, 15) is 23.4 Å². The van der Waals surface area contributed by atoms with Crippen molar-refractivity contribution in [1.82, 2.24) is 0 Å². The van der Waals surface area contributed by atoms with E-state index < -0.39 is 33.1 Å². The summed E-state index contributed by atoms with van der Waals surface area (Å²) >= 11 is 0. The minimum absolute atomic E-state index is 0.0147. The molecule has 1 aromatic rings. The van der Waals surface area contributed by atoms with E-state index in [1.807, 2.05) is 18.2 Å². The average molecular weight is 439 g/mol. The average Bonchev–Trinajstić information content (AvgIpc) is 2.92. The van der Waals surface area contributed by atoms with Gasteiger partial charge in [-0.2, -0.15) is 0 Å². The minimum Gasteiger partial charge on any atom is -0.512 e. The standard InChI is InChI=1S/C23H34O6S/c24-19(14-8-4-7-13-18-11-5-3-6-12-18)23-20(25)17-30(28,29)21(23)15-9-1-2-10-16-22(26)27/h3,5-6,11-12,14,20-21,23-25H,1-2,4,7-10,13,15-17H2,(H,26,27)/b19-14+/t20-,21-,23-/m0/s1. The molecule has 0 spiro atoms. The van der Waals surface area contributed by atoms with Crippen LogP contribution in [-0.2, 0) is 21.1 Å². The number of carbonyl (C=O) groups is 1. The topological polar surface area (TPSA) is 112 Å². The fraction of sp³-hybridized carbons (Fsp3) is 0.609. The maximum Gasteiger partial charge on any atom is 0.303 e. The molecule has 6 nitrogen and oxygen atoms in total. The van der Waals surface area contributed by atoms with Crippen LogP contribution in [-0.4, -0.2) is 46.8 Å². The number of benzene rings is 1. The second kappa shape index (κ2) is 12.1. The normalized spacial score (nSPS) is 23.5. The van der Waals surface area contributed by atoms with E-state index in [4.69, 9.17) is 5.11 Å². The molecule has 0 saturated carbocycles. The molecule has 7 heteroatoms. The summed E-state index contributed by atoms with van der Waals surface area (Å²) in [6.07, 6.45) is 7.23. The molecule has 0 amide bonds. The molecular weight excluding hydrogens is 404 g/mol. The summed E-state index contributed by atoms with van der Waals surface area (Å²) in [4.78, 5) is 10.5. The van der Waals surface area contributed by atoms with Crippen LogP contribution in [0.2, 0.25) is 0 Å². The molecule has 3 atom stereocenters. The molecule has 0 aromatic heterocycles. The highest BCUT2D eigenvalue weighted by molar-refractivity contribution is 7.92. The van der Waals surface area contributed by atoms with Gasteiger partial charge in [-0.1, -0.05) is 49.6 Å². The summed E-state index contributed by atoms with van der Waals surface area (Å²) in [7, 11) is -3.45. The van der Waals surface area contributed by atoms with E-state index in [-0.39, 0.29) is 17.9 Å². The summed E-state index contributed by atoms with van der Waals surface area (Å²) in [5.74, 6) is -1.91. The number of aliphatic carboxylic acids is 1. The molecule has 1 aliphatic rings. The van der Waals surface area contributed by atoms with Crippen molar-refractivity contribution in [2.45, 2.75) is 75.6 Å². The third-order valence-electron chi connectivity index (χ3n) is 5.77. The van der Waals surface area contributed by atoms with Gasteiger partial charge in [0.25, 0.3) is 0 Å². The van der Waals surface area contributed by atoms with Gasteiger partial charge >= 0.3 is 5.97 Å². The van der Waals surface area contributed by atoms with Gasteiger partial charge in [-0.05, 0) is 50.2 Å². The van der Waals surface area contributed by atoms with E-state index in [2.05, 4.69) is 12.1 Å². The summed E-state index contributed by atoms with van der Waals surface area (Å²) in [6, 6.07) is 10.2. The Kier molecular flexibility index (Phi) is 9.85. The van der Waals surface area contributed by atoms with E-state index >= 15 is 0 Å². The zero-order valence-electron chi connectivity index (χ0n) is 17.4. The number of hydrogen-bond donors (Lipinski definition) is 3. The Hall–Kier alpha value is -1.86. The molecule has 0 bridgehead atoms. The SMILES string of the molecule is O=C(O)CCCCCC[C@H]1[C@@H](/C(O)=C\CCCCc2ccccc2)[C@@H](O)CS1(=O)=O. The molecule has 1 heterocycles. The number of carboxylic acids is 1. The molecule has 0 aliphatic carbocycles. The van der Waals surface area contributed by atoms with Crippen LogP contribution in [0.4, 0.5) is 0 Å². The number of aliphatic hydroxyl groups excluding tert-OH is 2. The number of sulfone groups is 1. The van der Waals surface area contributed by atoms with Crippen molar-refractivity contribution >= 4 is 15.8 Å². The van der Waals surface area contributed by atoms with Crippen molar-refractivity contribution in [2.24, 2.45) is 5.92 Å². The van der Waals surface area contributed by atoms with Gasteiger partial charge in [-0.3, -0.25) is 4.79 Å². The fourth-order valence-corrected chi connectivity index (χ4v) is 6.39. The second-order valence-electron chi connectivity index (χ2n) is 8.17. The Morgan fingerprint density at radius 2 is 1.70 bits per heavy atom. The van der Waals surface area contributed by atoms with Gasteiger partial charge in [0, 0.05) is 6.42 Å². The summed E-state index contributed by atoms with van der Waals surface area (Å²) in [6.45, 7) is 0. The number of unbranched alkanes of at least 4 members (excludes halogenated alkanes) is 5. The Morgan fingerprint density at radius 3 is 2.40 bits per heavy atom. The monoisotopic (exact) mass is 438 g/mol. The summed E-state index contributed by atoms with van der Waals surface area (Å²) < 4.78 is 24.9. The molecule has 0 radical (unpaired) electrons. The Bertz CT molecular complexity index is 787. The van der Waals surface area contributed by atoms with Crippen molar-refractivity contribution in [3.05, 3.63) is 47.7 Å². The van der Waals surface area contributed by atoms with Crippen LogP contribution in [0.25, 0.3) is 0 Å². The summed E-state index contributed by atoms with van der Waals surface area (Å²) in [5.41, 5.74) is 1.27. The Balaban J connectivity index is 1.82. The van der Waals surface area contributed by atoms with Gasteiger partial charge < -0.3 is 15.3 Å². The first kappa shape index (κ1) is 24.4. The highest BCUT2D eigenvalue weighted by Gasteiger charge is 2.47. The number of hydrogen-bond acceptors (Lipinski definition) is 5. The van der Waals surface area contributed by atoms with Crippen LogP contribution in [0.5, 0.6) is 0 Å². The zero-order valence-corrected chi connectivity index (χ0v) is 18.3. The number of aryl methyl sites for hydroxylation is 1. The van der Waals surface area contributed by atoms with Gasteiger partial charge in [0.2, 0.25) is 0 Å². The van der Waals surface area contributed by atoms with Crippen LogP contribution < -0.4 is 0 Å². The van der Waals surface area contributed by atoms with Crippen LogP contribution in [0, 0.1) is 5.92 Å². The fourth-order valence-electron chi connectivity index (χ4n) is 4.16. The van der Waals surface area contributed by atoms with Crippen LogP contribution in [0.15, 0.2) is 42.2 Å². The first-order valence-electron chi connectivity index (χ1n) is 10.9. The minimum atomic E-state index is -3.45. The lowest BCUT2D eigenvalue weighted by Crippen LogP contribution is -2.27. The molecule has 168 valence electrons. The predicted molar refractivity (Wildman–Crippen MR) is 117 cm³/mol. The van der Waals surface area contributed by atoms with Gasteiger partial charge in [0.05, 0.1) is 28.8 Å². The molecule has 30 heavy (non-hydrogen) atoms. The third kappa shape index (κ3) is 7.76. The lowest BCUT2D eigenvalue weighted by Gasteiger charge is -2.20. The molecular formula is C23H34O6S. The lowest BCUT2D eigenvalue weighted by molar-refractivity contribution is -0.137. The van der Waals surface area contributed by atoms with Gasteiger partial charge in [-0.25, -0.2) is 8.42 Å². The number of aliphatic hydroxyl groups is 2. The van der Waals surface area contributed by atoms with Crippen molar-refractivity contribution in [3.8, 4) is 0 Å². The van der Waals surface area contributed by atoms with E-state index in [1.54, 1.807) is 6.08 Å². The first-order valence-corrected chi connectivity index (χ1v) is 12.6. The van der Waals surface area contributed by atoms with Crippen molar-refractivity contribution < 1.29 is 28.5 Å². The molecule has 1 fully saturated rings. The molecule has 1 aliphatic heterocycles. The van der Waals surface area contributed by atoms with Crippen molar-refractivity contribution in [2.75, 3.05) is 5.75 Å². The van der Waals surface area contributed by atoms with E-state index in [1.165, 1.54) is 5.56 Å². The second-order valence-corrected chi connectivity index (χ2v) is 10.4. The van der Waals surface area contributed by atoms with Crippen molar-refractivity contribution in [1.29, 1.82) is 0 Å². The molecule has 2 rings (SSSR count).